The van der Waals surface area contributed by atoms with E-state index in [9.17, 15) is 39.4 Å². The third-order valence-corrected chi connectivity index (χ3v) is 9.93. The molecule has 16 nitrogen and oxygen atoms in total. The number of thioether (sulfide) groups is 2. The summed E-state index contributed by atoms with van der Waals surface area (Å²) in [5, 5.41) is 44.2. The topological polar surface area (TPSA) is 241 Å². The molecule has 8 N–H and O–H groups in total. The number of β-lactam (4-membered cyclic amide) rings is 1. The highest BCUT2D eigenvalue weighted by Crippen LogP contribution is 2.41. The summed E-state index contributed by atoms with van der Waals surface area (Å²) in [6.07, 6.45) is 4.21. The Labute approximate surface area is 266 Å². The second kappa shape index (κ2) is 13.2. The van der Waals surface area contributed by atoms with Gasteiger partial charge in [-0.1, -0.05) is 0 Å². The number of aliphatic hydroxyl groups is 1. The highest BCUT2D eigenvalue weighted by molar-refractivity contribution is 8.01. The predicted molar refractivity (Wildman–Crippen MR) is 160 cm³/mol. The van der Waals surface area contributed by atoms with Crippen LogP contribution in [0.25, 0.3) is 0 Å². The molecule has 236 valence electrons. The van der Waals surface area contributed by atoms with Crippen LogP contribution in [-0.2, 0) is 20.9 Å². The van der Waals surface area contributed by atoms with Crippen LogP contribution in [0.1, 0.15) is 22.2 Å². The lowest BCUT2D eigenvalue weighted by atomic mass is 10.0. The number of anilines is 1. The van der Waals surface area contributed by atoms with Crippen molar-refractivity contribution in [1.82, 2.24) is 25.2 Å². The van der Waals surface area contributed by atoms with Crippen molar-refractivity contribution in [2.45, 2.75) is 28.9 Å². The van der Waals surface area contributed by atoms with Crippen LogP contribution < -0.4 is 26.4 Å². The Bertz CT molecular complexity index is 1760. The van der Waals surface area contributed by atoms with E-state index >= 15 is 0 Å². The van der Waals surface area contributed by atoms with E-state index in [1.165, 1.54) is 28.9 Å². The molecule has 2 aliphatic rings. The van der Waals surface area contributed by atoms with E-state index in [0.29, 0.717) is 30.1 Å². The number of nitrogens with zero attached hydrogens (tertiary/aromatic N) is 4. The molecule has 1 fully saturated rings. The molecule has 1 saturated heterocycles. The molecule has 0 spiro atoms. The van der Waals surface area contributed by atoms with Crippen molar-refractivity contribution in [1.29, 1.82) is 0 Å². The summed E-state index contributed by atoms with van der Waals surface area (Å²) >= 11 is 3.65. The molecule has 2 aliphatic heterocycles. The molecular weight excluding hydrogens is 651 g/mol. The number of rotatable bonds is 11. The zero-order valence-electron chi connectivity index (χ0n) is 23.0. The van der Waals surface area contributed by atoms with Gasteiger partial charge in [0.15, 0.2) is 35.9 Å². The van der Waals surface area contributed by atoms with Crippen LogP contribution in [0, 0.1) is 0 Å². The number of pyridine rings is 2. The fourth-order valence-electron chi connectivity index (χ4n) is 4.60. The predicted octanol–water partition coefficient (Wildman–Crippen LogP) is -0.888. The van der Waals surface area contributed by atoms with Gasteiger partial charge >= 0.3 is 5.97 Å². The molecule has 5 rings (SSSR count). The minimum absolute atomic E-state index is 0.00264. The number of fused-ring (bicyclic) bond motifs is 1. The average Bonchev–Trinajstić information content (AvgIpc) is 3.44. The fourth-order valence-corrected chi connectivity index (χ4v) is 7.56. The van der Waals surface area contributed by atoms with E-state index in [1.807, 2.05) is 12.1 Å². The zero-order valence-corrected chi connectivity index (χ0v) is 25.5. The minimum atomic E-state index is -1.52. The van der Waals surface area contributed by atoms with E-state index in [0.717, 1.165) is 21.1 Å². The molecule has 3 aromatic rings. The molecule has 0 radical (unpaired) electrons. The first kappa shape index (κ1) is 31.8. The third-order valence-electron chi connectivity index (χ3n) is 6.80. The van der Waals surface area contributed by atoms with Gasteiger partial charge in [-0.05, 0) is 5.57 Å². The molecule has 3 atom stereocenters. The minimum Gasteiger partial charge on any atom is -0.503 e. The number of carboxylic acid groups (broad SMARTS) is 1. The van der Waals surface area contributed by atoms with Gasteiger partial charge in [-0.3, -0.25) is 24.1 Å². The highest BCUT2D eigenvalue weighted by atomic mass is 32.2. The number of nitrogens with two attached hydrogens (primary N) is 1. The molecule has 0 bridgehead atoms. The summed E-state index contributed by atoms with van der Waals surface area (Å²) in [7, 11) is 0. The summed E-state index contributed by atoms with van der Waals surface area (Å²) in [6.45, 7) is 0.442. The lowest BCUT2D eigenvalue weighted by Crippen LogP contribution is -2.71. The van der Waals surface area contributed by atoms with E-state index < -0.39 is 58.0 Å². The Morgan fingerprint density at radius 1 is 1.24 bits per heavy atom. The summed E-state index contributed by atoms with van der Waals surface area (Å²) in [4.78, 5) is 69.8. The highest BCUT2D eigenvalue weighted by Gasteiger charge is 2.54. The first-order valence-corrected chi connectivity index (χ1v) is 16.0. The van der Waals surface area contributed by atoms with Gasteiger partial charge in [-0.15, -0.1) is 34.9 Å². The van der Waals surface area contributed by atoms with Gasteiger partial charge in [0.2, 0.25) is 11.3 Å². The summed E-state index contributed by atoms with van der Waals surface area (Å²) in [5.41, 5.74) is 4.57. The molecule has 0 aliphatic carbocycles. The molecule has 0 saturated carbocycles. The van der Waals surface area contributed by atoms with Crippen LogP contribution in [0.5, 0.6) is 5.75 Å². The van der Waals surface area contributed by atoms with E-state index in [2.05, 4.69) is 15.6 Å². The molecule has 19 heteroatoms. The number of aromatic hydroxyl groups is 1. The Kier molecular flexibility index (Phi) is 9.32. The van der Waals surface area contributed by atoms with Crippen LogP contribution in [-0.4, -0.2) is 88.4 Å². The number of carbonyl (C=O) groups excluding carboxylic acids is 3. The third kappa shape index (κ3) is 6.60. The number of aromatic nitrogens is 3. The number of nitrogens with one attached hydrogen (secondary N) is 2. The molecule has 1 unspecified atom stereocenters. The number of thiazole rings is 1. The Morgan fingerprint density at radius 2 is 1.98 bits per heavy atom. The van der Waals surface area contributed by atoms with Gasteiger partial charge < -0.3 is 36.9 Å². The lowest BCUT2D eigenvalue weighted by molar-refractivity contribution is -0.698. The van der Waals surface area contributed by atoms with Crippen LogP contribution >= 0.6 is 34.9 Å². The quantitative estimate of drug-likeness (QED) is 0.0565. The number of hydrogen-bond acceptors (Lipinski definition) is 13. The maximum Gasteiger partial charge on any atom is 0.352 e. The Hall–Kier alpha value is -4.59. The summed E-state index contributed by atoms with van der Waals surface area (Å²) < 4.78 is 2.02. The summed E-state index contributed by atoms with van der Waals surface area (Å²) in [6, 6.07) is 1.71. The largest absolute Gasteiger partial charge is 0.503 e. The first-order chi connectivity index (χ1) is 21.5. The van der Waals surface area contributed by atoms with Crippen LogP contribution in [0.3, 0.4) is 0 Å². The van der Waals surface area contributed by atoms with Crippen molar-refractivity contribution in [2.75, 3.05) is 23.8 Å². The standard InChI is InChI=1S/C26H25N7O9S3/c27-26-28-14(11-45-26)18(29-21(37)15-7-16(35)17(36)8-32(15)42)22(38)30-19-23(39)33-20(25(40)41)12(10-44-24(19)33)9-43-13-1-3-31(4-2-13)5-6-34/h1-4,7-8,11,18-19,24,34,42H,5-6,9-10H2,(H5-,27,28,29,30,36,37,38,40,41)/p+1/t18?,19-,24-/m0/s1. The first-order valence-electron chi connectivity index (χ1n) is 13.1. The van der Waals surface area contributed by atoms with Crippen molar-refractivity contribution in [3.63, 3.8) is 0 Å². The molecule has 3 aromatic heterocycles. The number of nitrogen functional groups attached to an aromatic ring is 1. The van der Waals surface area contributed by atoms with E-state index in [4.69, 9.17) is 10.8 Å². The second-order valence-corrected chi connectivity index (χ2v) is 12.8. The molecule has 5 heterocycles. The van der Waals surface area contributed by atoms with Gasteiger partial charge in [0.1, 0.15) is 29.4 Å². The van der Waals surface area contributed by atoms with Gasteiger partial charge in [-0.2, -0.15) is 4.73 Å². The maximum absolute atomic E-state index is 13.5. The number of aliphatic carboxylic acids is 1. The van der Waals surface area contributed by atoms with Crippen molar-refractivity contribution >= 4 is 63.7 Å². The van der Waals surface area contributed by atoms with Crippen molar-refractivity contribution < 1.29 is 44.3 Å². The van der Waals surface area contributed by atoms with Gasteiger partial charge in [0.25, 0.3) is 11.8 Å². The smallest absolute Gasteiger partial charge is 0.352 e. The van der Waals surface area contributed by atoms with E-state index in [1.54, 1.807) is 17.0 Å². The Balaban J connectivity index is 1.31. The van der Waals surface area contributed by atoms with Crippen molar-refractivity contribution in [3.05, 3.63) is 75.1 Å². The van der Waals surface area contributed by atoms with Gasteiger partial charge in [0, 0.05) is 40.0 Å². The monoisotopic (exact) mass is 676 g/mol. The molecule has 3 amide bonds. The fraction of sp³-hybridized carbons (Fsp3) is 0.269. The summed E-state index contributed by atoms with van der Waals surface area (Å²) in [5.74, 6) is -4.11. The van der Waals surface area contributed by atoms with Crippen LogP contribution in [0.4, 0.5) is 5.13 Å². The second-order valence-electron chi connectivity index (χ2n) is 9.71. The van der Waals surface area contributed by atoms with Gasteiger partial charge in [0.05, 0.1) is 11.9 Å². The Morgan fingerprint density at radius 3 is 2.62 bits per heavy atom. The molecule has 0 aromatic carbocycles. The normalized spacial score (nSPS) is 18.2. The number of aliphatic hydroxyl groups excluding tert-OH is 1. The van der Waals surface area contributed by atoms with E-state index in [-0.39, 0.29) is 33.6 Å². The van der Waals surface area contributed by atoms with Gasteiger partial charge in [-0.25, -0.2) is 14.3 Å². The lowest BCUT2D eigenvalue weighted by Gasteiger charge is -2.49. The number of carbonyl (C=O) groups is 4. The molecular formula is C26H26N7O9S3+. The van der Waals surface area contributed by atoms with Crippen molar-refractivity contribution in [3.8, 4) is 5.75 Å². The SMILES string of the molecule is Nc1nc(C(NC(=O)c2cc(=O)c(O)cn2O)C(=O)N[C@H]2C(=O)N3C(C(=O)O)=C(CSc4cc[n+](CCO)cc4)CS[C@@H]23)cs1. The number of carboxylic acids is 1. The van der Waals surface area contributed by atoms with Crippen LogP contribution in [0.15, 0.2) is 63.1 Å². The molecule has 45 heavy (non-hydrogen) atoms. The zero-order chi connectivity index (χ0) is 32.4. The number of amides is 3. The average molecular weight is 677 g/mol. The van der Waals surface area contributed by atoms with Crippen LogP contribution in [0.2, 0.25) is 0 Å². The van der Waals surface area contributed by atoms with Crippen molar-refractivity contribution in [2.24, 2.45) is 0 Å². The maximum atomic E-state index is 13.5. The number of hydrogen-bond donors (Lipinski definition) is 7.